The first-order valence-corrected chi connectivity index (χ1v) is 8.49. The van der Waals surface area contributed by atoms with E-state index >= 15 is 0 Å². The predicted octanol–water partition coefficient (Wildman–Crippen LogP) is -0.0409. The molecule has 26 heavy (non-hydrogen) atoms. The van der Waals surface area contributed by atoms with E-state index < -0.39 is 0 Å². The van der Waals surface area contributed by atoms with Crippen LogP contribution in [0.5, 0.6) is 5.88 Å². The van der Waals surface area contributed by atoms with E-state index in [2.05, 4.69) is 14.9 Å². The Morgan fingerprint density at radius 2 is 1.85 bits per heavy atom. The number of likely N-dealkylation sites (tertiary alicyclic amines) is 1. The lowest BCUT2D eigenvalue weighted by Gasteiger charge is -2.38. The van der Waals surface area contributed by atoms with Crippen molar-refractivity contribution in [2.45, 2.75) is 25.0 Å². The van der Waals surface area contributed by atoms with Gasteiger partial charge in [0.2, 0.25) is 5.88 Å². The highest BCUT2D eigenvalue weighted by Gasteiger charge is 2.44. The molecule has 0 spiro atoms. The maximum atomic E-state index is 12.7. The van der Waals surface area contributed by atoms with Gasteiger partial charge in [-0.25, -0.2) is 9.97 Å². The fourth-order valence-electron chi connectivity index (χ4n) is 3.90. The molecule has 2 aliphatic rings. The molecule has 1 amide bonds. The summed E-state index contributed by atoms with van der Waals surface area (Å²) in [6.45, 7) is 1.13. The second-order valence-corrected chi connectivity index (χ2v) is 6.82. The Morgan fingerprint density at radius 3 is 2.42 bits per heavy atom. The summed E-state index contributed by atoms with van der Waals surface area (Å²) in [6.07, 6.45) is 4.35. The Bertz CT molecular complexity index is 627. The van der Waals surface area contributed by atoms with Crippen LogP contribution < -0.4 is 4.74 Å². The highest BCUT2D eigenvalue weighted by Crippen LogP contribution is 2.38. The van der Waals surface area contributed by atoms with Gasteiger partial charge in [-0.05, 0) is 38.8 Å². The van der Waals surface area contributed by atoms with Gasteiger partial charge in [0.05, 0.1) is 13.2 Å². The van der Waals surface area contributed by atoms with Crippen molar-refractivity contribution >= 4 is 12.4 Å². The number of aliphatic hydroxyl groups is 1. The van der Waals surface area contributed by atoms with Crippen molar-refractivity contribution < 1.29 is 24.5 Å². The summed E-state index contributed by atoms with van der Waals surface area (Å²) in [7, 11) is 5.48. The average Bonchev–Trinajstić information content (AvgIpc) is 3.03. The highest BCUT2D eigenvalue weighted by molar-refractivity contribution is 5.94. The molecule has 4 atom stereocenters. The number of rotatable bonds is 3. The summed E-state index contributed by atoms with van der Waals surface area (Å²) < 4.78 is 5.14. The highest BCUT2D eigenvalue weighted by atomic mass is 16.5. The van der Waals surface area contributed by atoms with Gasteiger partial charge in [-0.3, -0.25) is 9.59 Å². The minimum atomic E-state index is -0.327. The average molecular weight is 366 g/mol. The minimum absolute atomic E-state index is 0.139. The van der Waals surface area contributed by atoms with Crippen LogP contribution in [0.1, 0.15) is 23.3 Å². The molecule has 9 nitrogen and oxygen atoms in total. The summed E-state index contributed by atoms with van der Waals surface area (Å²) in [6, 6.07) is 0.164. The lowest BCUT2D eigenvalue weighted by Crippen LogP contribution is -2.46. The summed E-state index contributed by atoms with van der Waals surface area (Å²) in [5.41, 5.74) is 0.262. The van der Waals surface area contributed by atoms with Crippen molar-refractivity contribution in [3.8, 4) is 5.88 Å². The Morgan fingerprint density at radius 1 is 1.27 bits per heavy atom. The first kappa shape index (κ1) is 20.1. The van der Waals surface area contributed by atoms with E-state index in [9.17, 15) is 9.90 Å². The number of carboxylic acid groups (broad SMARTS) is 1. The van der Waals surface area contributed by atoms with Crippen molar-refractivity contribution in [1.29, 1.82) is 0 Å². The molecule has 1 aliphatic carbocycles. The van der Waals surface area contributed by atoms with Crippen molar-refractivity contribution in [2.75, 3.05) is 34.3 Å². The third kappa shape index (κ3) is 4.28. The molecular weight excluding hydrogens is 340 g/mol. The van der Waals surface area contributed by atoms with Crippen LogP contribution in [-0.4, -0.2) is 88.8 Å². The van der Waals surface area contributed by atoms with E-state index in [1.54, 1.807) is 0 Å². The number of hydrogen-bond acceptors (Lipinski definition) is 7. The molecule has 0 bridgehead atoms. The molecule has 2 N–H and O–H groups in total. The number of carbonyl (C=O) groups excluding carboxylic acids is 1. The van der Waals surface area contributed by atoms with Crippen molar-refractivity contribution in [3.05, 3.63) is 18.1 Å². The fourth-order valence-corrected chi connectivity index (χ4v) is 3.90. The zero-order valence-electron chi connectivity index (χ0n) is 15.3. The van der Waals surface area contributed by atoms with Crippen LogP contribution in [0.3, 0.4) is 0 Å². The standard InChI is InChI=1S/C16H24N4O3.CH2O2/c1-19(2)12-6-10-8-20(9-11(10)7-13(12)21)16(22)14-15(23-3)18-5-4-17-14;2-1-3/h4-5,10-13,21H,6-9H2,1-3H3;1H,(H,2,3)/t10-,11+,12-,13-;/m1./s1. The number of likely N-dealkylation sites (N-methyl/N-ethyl adjacent to an activating group) is 1. The SMILES string of the molecule is COc1nccnc1C(=O)N1C[C@H]2C[C@@H](N(C)C)[C@H](O)C[C@H]2C1.O=CO. The quantitative estimate of drug-likeness (QED) is 0.716. The summed E-state index contributed by atoms with van der Waals surface area (Å²) in [5.74, 6) is 0.907. The molecular formula is C17H26N4O5. The van der Waals surface area contributed by atoms with Gasteiger partial charge in [-0.15, -0.1) is 0 Å². The van der Waals surface area contributed by atoms with E-state index in [0.29, 0.717) is 24.9 Å². The van der Waals surface area contributed by atoms with Crippen LogP contribution in [0, 0.1) is 11.8 Å². The van der Waals surface area contributed by atoms with Crippen LogP contribution in [-0.2, 0) is 4.79 Å². The van der Waals surface area contributed by atoms with Gasteiger partial charge in [0, 0.05) is 31.5 Å². The Balaban J connectivity index is 0.000000758. The lowest BCUT2D eigenvalue weighted by molar-refractivity contribution is -0.122. The number of methoxy groups -OCH3 is 1. The first-order chi connectivity index (χ1) is 12.4. The molecule has 3 rings (SSSR count). The first-order valence-electron chi connectivity index (χ1n) is 8.49. The predicted molar refractivity (Wildman–Crippen MR) is 92.9 cm³/mol. The largest absolute Gasteiger partial charge is 0.483 e. The number of aliphatic hydroxyl groups excluding tert-OH is 1. The number of fused-ring (bicyclic) bond motifs is 1. The number of nitrogens with zero attached hydrogens (tertiary/aromatic N) is 4. The summed E-state index contributed by atoms with van der Waals surface area (Å²) in [4.78, 5) is 33.2. The molecule has 0 aromatic carbocycles. The van der Waals surface area contributed by atoms with Crippen LogP contribution in [0.2, 0.25) is 0 Å². The molecule has 144 valence electrons. The monoisotopic (exact) mass is 366 g/mol. The van der Waals surface area contributed by atoms with Crippen LogP contribution in [0.25, 0.3) is 0 Å². The number of aromatic nitrogens is 2. The topological polar surface area (TPSA) is 116 Å². The van der Waals surface area contributed by atoms with E-state index in [0.717, 1.165) is 12.8 Å². The number of carbonyl (C=O) groups is 2. The number of hydrogen-bond donors (Lipinski definition) is 2. The second kappa shape index (κ2) is 8.91. The zero-order valence-corrected chi connectivity index (χ0v) is 15.3. The third-order valence-electron chi connectivity index (χ3n) is 5.12. The Hall–Kier alpha value is -2.26. The van der Waals surface area contributed by atoms with Crippen molar-refractivity contribution in [1.82, 2.24) is 19.8 Å². The normalized spacial score (nSPS) is 27.3. The van der Waals surface area contributed by atoms with Gasteiger partial charge in [0.15, 0.2) is 5.69 Å². The van der Waals surface area contributed by atoms with E-state index in [4.69, 9.17) is 14.6 Å². The van der Waals surface area contributed by atoms with Gasteiger partial charge >= 0.3 is 0 Å². The van der Waals surface area contributed by atoms with Gasteiger partial charge < -0.3 is 24.7 Å². The molecule has 1 aromatic rings. The van der Waals surface area contributed by atoms with Crippen LogP contribution in [0.15, 0.2) is 12.4 Å². The molecule has 1 aliphatic heterocycles. The molecule has 0 unspecified atom stereocenters. The van der Waals surface area contributed by atoms with Crippen LogP contribution >= 0.6 is 0 Å². The maximum absolute atomic E-state index is 12.7. The van der Waals surface area contributed by atoms with Crippen molar-refractivity contribution in [2.24, 2.45) is 11.8 Å². The second-order valence-electron chi connectivity index (χ2n) is 6.82. The van der Waals surface area contributed by atoms with E-state index in [1.807, 2.05) is 19.0 Å². The third-order valence-corrected chi connectivity index (χ3v) is 5.12. The Labute approximate surface area is 152 Å². The molecule has 2 heterocycles. The summed E-state index contributed by atoms with van der Waals surface area (Å²) >= 11 is 0. The smallest absolute Gasteiger partial charge is 0.290 e. The molecule has 1 saturated heterocycles. The minimum Gasteiger partial charge on any atom is -0.483 e. The van der Waals surface area contributed by atoms with Gasteiger partial charge in [0.1, 0.15) is 0 Å². The fraction of sp³-hybridized carbons (Fsp3) is 0.647. The van der Waals surface area contributed by atoms with E-state index in [1.165, 1.54) is 19.5 Å². The zero-order chi connectivity index (χ0) is 19.3. The summed E-state index contributed by atoms with van der Waals surface area (Å²) in [5, 5.41) is 17.2. The lowest BCUT2D eigenvalue weighted by atomic mass is 9.77. The Kier molecular flexibility index (Phi) is 6.87. The van der Waals surface area contributed by atoms with Gasteiger partial charge in [-0.2, -0.15) is 0 Å². The number of amides is 1. The number of ether oxygens (including phenoxy) is 1. The van der Waals surface area contributed by atoms with E-state index in [-0.39, 0.29) is 36.1 Å². The molecule has 2 fully saturated rings. The molecule has 0 radical (unpaired) electrons. The maximum Gasteiger partial charge on any atom is 0.290 e. The molecule has 1 aromatic heterocycles. The molecule has 1 saturated carbocycles. The molecule has 9 heteroatoms. The van der Waals surface area contributed by atoms with Crippen molar-refractivity contribution in [3.63, 3.8) is 0 Å². The van der Waals surface area contributed by atoms with Gasteiger partial charge in [0.25, 0.3) is 12.4 Å². The van der Waals surface area contributed by atoms with Crippen LogP contribution in [0.4, 0.5) is 0 Å². The van der Waals surface area contributed by atoms with Gasteiger partial charge in [-0.1, -0.05) is 0 Å².